The van der Waals surface area contributed by atoms with Gasteiger partial charge in [-0.2, -0.15) is 9.13 Å². The maximum absolute atomic E-state index is 5.20. The maximum atomic E-state index is 5.20. The smallest absolute Gasteiger partial charge is 0.211 e. The van der Waals surface area contributed by atoms with Gasteiger partial charge in [0.25, 0.3) is 0 Å². The standard InChI is InChI=1S/C14H18N2O2/c1-17-13-5-3-7-15(11-13)9-10-16-8-4-6-14(12-16)18-2/h3-8,11-12H,9-10H2,1-2H3/q+2. The van der Waals surface area contributed by atoms with Crippen molar-refractivity contribution in [1.82, 2.24) is 0 Å². The van der Waals surface area contributed by atoms with E-state index in [1.165, 1.54) is 0 Å². The quantitative estimate of drug-likeness (QED) is 0.735. The molecular weight excluding hydrogens is 228 g/mol. The number of pyridine rings is 2. The second-order valence-electron chi connectivity index (χ2n) is 3.96. The van der Waals surface area contributed by atoms with E-state index >= 15 is 0 Å². The Morgan fingerprint density at radius 3 is 1.67 bits per heavy atom. The third kappa shape index (κ3) is 3.20. The van der Waals surface area contributed by atoms with E-state index < -0.39 is 0 Å². The van der Waals surface area contributed by atoms with E-state index in [1.54, 1.807) is 14.2 Å². The van der Waals surface area contributed by atoms with Crippen LogP contribution in [0.4, 0.5) is 0 Å². The summed E-state index contributed by atoms with van der Waals surface area (Å²) in [7, 11) is 3.35. The summed E-state index contributed by atoms with van der Waals surface area (Å²) in [5.41, 5.74) is 0. The molecule has 0 spiro atoms. The summed E-state index contributed by atoms with van der Waals surface area (Å²) in [5.74, 6) is 1.74. The van der Waals surface area contributed by atoms with E-state index in [0.29, 0.717) is 0 Å². The Bertz CT molecular complexity index is 467. The van der Waals surface area contributed by atoms with E-state index in [0.717, 1.165) is 24.6 Å². The molecule has 0 atom stereocenters. The lowest BCUT2D eigenvalue weighted by Crippen LogP contribution is -2.43. The van der Waals surface area contributed by atoms with E-state index in [2.05, 4.69) is 9.13 Å². The van der Waals surface area contributed by atoms with Gasteiger partial charge in [0.05, 0.1) is 14.2 Å². The molecule has 0 aromatic carbocycles. The Morgan fingerprint density at radius 2 is 1.28 bits per heavy atom. The van der Waals surface area contributed by atoms with Crippen molar-refractivity contribution in [3.05, 3.63) is 49.1 Å². The van der Waals surface area contributed by atoms with Gasteiger partial charge in [-0.25, -0.2) is 0 Å². The zero-order chi connectivity index (χ0) is 12.8. The number of nitrogens with zero attached hydrogens (tertiary/aromatic N) is 2. The summed E-state index contributed by atoms with van der Waals surface area (Å²) in [6.45, 7) is 1.77. The Hall–Kier alpha value is -2.10. The highest BCUT2D eigenvalue weighted by Crippen LogP contribution is 2.04. The topological polar surface area (TPSA) is 26.2 Å². The predicted octanol–water partition coefficient (Wildman–Crippen LogP) is 0.979. The summed E-state index contributed by atoms with van der Waals surface area (Å²) in [6, 6.07) is 7.84. The van der Waals surface area contributed by atoms with Crippen LogP contribution >= 0.6 is 0 Å². The van der Waals surface area contributed by atoms with Crippen LogP contribution in [0, 0.1) is 0 Å². The molecule has 0 fully saturated rings. The van der Waals surface area contributed by atoms with Gasteiger partial charge in [-0.15, -0.1) is 0 Å². The molecule has 0 amide bonds. The minimum absolute atomic E-state index is 0.869. The van der Waals surface area contributed by atoms with Crippen LogP contribution in [0.25, 0.3) is 0 Å². The van der Waals surface area contributed by atoms with Crippen LogP contribution in [0.1, 0.15) is 0 Å². The van der Waals surface area contributed by atoms with Crippen molar-refractivity contribution in [2.45, 2.75) is 13.1 Å². The van der Waals surface area contributed by atoms with Crippen molar-refractivity contribution in [2.75, 3.05) is 14.2 Å². The fourth-order valence-electron chi connectivity index (χ4n) is 1.75. The van der Waals surface area contributed by atoms with Crippen LogP contribution in [-0.4, -0.2) is 14.2 Å². The van der Waals surface area contributed by atoms with E-state index in [9.17, 15) is 0 Å². The molecule has 0 aliphatic heterocycles. The average molecular weight is 246 g/mol. The molecule has 2 aromatic rings. The molecule has 0 aliphatic rings. The molecule has 0 saturated heterocycles. The van der Waals surface area contributed by atoms with Crippen LogP contribution in [0.5, 0.6) is 11.5 Å². The summed E-state index contributed by atoms with van der Waals surface area (Å²) in [5, 5.41) is 0. The van der Waals surface area contributed by atoms with Gasteiger partial charge in [0.15, 0.2) is 23.9 Å². The molecule has 0 unspecified atom stereocenters. The number of hydrogen-bond acceptors (Lipinski definition) is 2. The molecule has 4 heteroatoms. The van der Waals surface area contributed by atoms with Crippen LogP contribution in [0.15, 0.2) is 49.1 Å². The van der Waals surface area contributed by atoms with Gasteiger partial charge in [0, 0.05) is 12.1 Å². The monoisotopic (exact) mass is 246 g/mol. The number of methoxy groups -OCH3 is 2. The van der Waals surface area contributed by atoms with Gasteiger partial charge in [-0.05, 0) is 12.1 Å². The third-order valence-corrected chi connectivity index (χ3v) is 2.75. The number of aryl methyl sites for hydroxylation is 2. The van der Waals surface area contributed by atoms with Gasteiger partial charge >= 0.3 is 0 Å². The van der Waals surface area contributed by atoms with Gasteiger partial charge in [-0.3, -0.25) is 0 Å². The van der Waals surface area contributed by atoms with Crippen LogP contribution in [0.3, 0.4) is 0 Å². The average Bonchev–Trinajstić information content (AvgIpc) is 2.45. The Balaban J connectivity index is 2.01. The summed E-state index contributed by atoms with van der Waals surface area (Å²) in [4.78, 5) is 0. The molecular formula is C14H18N2O2+2. The Labute approximate surface area is 107 Å². The third-order valence-electron chi connectivity index (χ3n) is 2.75. The molecule has 18 heavy (non-hydrogen) atoms. The lowest BCUT2D eigenvalue weighted by molar-refractivity contribution is -0.778. The Kier molecular flexibility index (Phi) is 4.12. The molecule has 2 aromatic heterocycles. The first-order valence-corrected chi connectivity index (χ1v) is 5.88. The molecule has 94 valence electrons. The van der Waals surface area contributed by atoms with Crippen molar-refractivity contribution in [2.24, 2.45) is 0 Å². The van der Waals surface area contributed by atoms with E-state index in [4.69, 9.17) is 9.47 Å². The molecule has 2 heterocycles. The van der Waals surface area contributed by atoms with E-state index in [-0.39, 0.29) is 0 Å². The fourth-order valence-corrected chi connectivity index (χ4v) is 1.75. The first kappa shape index (κ1) is 12.4. The van der Waals surface area contributed by atoms with Crippen LogP contribution in [-0.2, 0) is 13.1 Å². The summed E-state index contributed by atoms with van der Waals surface area (Å²) >= 11 is 0. The zero-order valence-corrected chi connectivity index (χ0v) is 10.7. The number of rotatable bonds is 5. The fraction of sp³-hybridized carbons (Fsp3) is 0.286. The number of ether oxygens (including phenoxy) is 2. The van der Waals surface area contributed by atoms with Gasteiger partial charge in [0.1, 0.15) is 0 Å². The molecule has 0 radical (unpaired) electrons. The van der Waals surface area contributed by atoms with Crippen LogP contribution < -0.4 is 18.6 Å². The molecule has 0 saturated carbocycles. The first-order chi connectivity index (χ1) is 8.81. The molecule has 0 N–H and O–H groups in total. The van der Waals surface area contributed by atoms with Crippen molar-refractivity contribution in [3.63, 3.8) is 0 Å². The highest BCUT2D eigenvalue weighted by atomic mass is 16.5. The van der Waals surface area contributed by atoms with Crippen molar-refractivity contribution in [1.29, 1.82) is 0 Å². The zero-order valence-electron chi connectivity index (χ0n) is 10.7. The number of hydrogen-bond donors (Lipinski definition) is 0. The highest BCUT2D eigenvalue weighted by Gasteiger charge is 2.08. The molecule has 0 aliphatic carbocycles. The second-order valence-corrected chi connectivity index (χ2v) is 3.96. The highest BCUT2D eigenvalue weighted by molar-refractivity contribution is 5.12. The van der Waals surface area contributed by atoms with Crippen LogP contribution in [0.2, 0.25) is 0 Å². The lowest BCUT2D eigenvalue weighted by Gasteiger charge is -2.00. The summed E-state index contributed by atoms with van der Waals surface area (Å²) < 4.78 is 14.6. The molecule has 4 nitrogen and oxygen atoms in total. The number of aromatic nitrogens is 2. The normalized spacial score (nSPS) is 10.1. The molecule has 2 rings (SSSR count). The lowest BCUT2D eigenvalue weighted by atomic mass is 10.4. The maximum Gasteiger partial charge on any atom is 0.211 e. The van der Waals surface area contributed by atoms with Gasteiger partial charge in [-0.1, -0.05) is 0 Å². The Morgan fingerprint density at radius 1 is 0.833 bits per heavy atom. The predicted molar refractivity (Wildman–Crippen MR) is 66.4 cm³/mol. The van der Waals surface area contributed by atoms with Crippen molar-refractivity contribution >= 4 is 0 Å². The van der Waals surface area contributed by atoms with Crippen molar-refractivity contribution in [3.8, 4) is 11.5 Å². The summed E-state index contributed by atoms with van der Waals surface area (Å²) in [6.07, 6.45) is 8.04. The van der Waals surface area contributed by atoms with E-state index in [1.807, 2.05) is 49.1 Å². The van der Waals surface area contributed by atoms with Gasteiger partial charge < -0.3 is 9.47 Å². The minimum Gasteiger partial charge on any atom is -0.491 e. The first-order valence-electron chi connectivity index (χ1n) is 5.88. The van der Waals surface area contributed by atoms with Gasteiger partial charge in [0.2, 0.25) is 25.5 Å². The minimum atomic E-state index is 0.869. The second kappa shape index (κ2) is 6.00. The molecule has 0 bridgehead atoms. The SMILES string of the molecule is COc1ccc[n+](CC[n+]2cccc(OC)c2)c1. The van der Waals surface area contributed by atoms with Crippen molar-refractivity contribution < 1.29 is 18.6 Å². The largest absolute Gasteiger partial charge is 0.491 e.